The van der Waals surface area contributed by atoms with Crippen molar-refractivity contribution in [3.63, 3.8) is 0 Å². The summed E-state index contributed by atoms with van der Waals surface area (Å²) in [6.07, 6.45) is -0.507. The van der Waals surface area contributed by atoms with Crippen molar-refractivity contribution in [3.8, 4) is 11.3 Å². The molecule has 0 bridgehead atoms. The van der Waals surface area contributed by atoms with E-state index in [2.05, 4.69) is 59.9 Å². The van der Waals surface area contributed by atoms with E-state index in [1.54, 1.807) is 0 Å². The number of anilines is 1. The van der Waals surface area contributed by atoms with Crippen LogP contribution in [0.5, 0.6) is 0 Å². The van der Waals surface area contributed by atoms with Crippen molar-refractivity contribution in [1.29, 1.82) is 0 Å². The summed E-state index contributed by atoms with van der Waals surface area (Å²) in [4.78, 5) is 18.2. The quantitative estimate of drug-likeness (QED) is 0.243. The lowest BCUT2D eigenvalue weighted by Gasteiger charge is -2.16. The molecule has 0 fully saturated rings. The third-order valence-electron chi connectivity index (χ3n) is 7.18. The first-order valence-electron chi connectivity index (χ1n) is 13.0. The molecule has 0 radical (unpaired) electrons. The number of nitrogens with one attached hydrogen (secondary N) is 1. The first-order valence-corrected chi connectivity index (χ1v) is 13.0. The molecule has 0 aliphatic heterocycles. The number of aromatic nitrogens is 1. The number of benzene rings is 6. The van der Waals surface area contributed by atoms with Crippen molar-refractivity contribution in [2.24, 2.45) is 0 Å². The fourth-order valence-electron chi connectivity index (χ4n) is 5.36. The fraction of sp³-hybridized carbons (Fsp3) is 0.0286. The number of rotatable bonds is 4. The number of hydrogen-bond donors (Lipinski definition) is 1. The van der Waals surface area contributed by atoms with Gasteiger partial charge < -0.3 is 4.74 Å². The van der Waals surface area contributed by atoms with Crippen LogP contribution in [0.15, 0.2) is 127 Å². The van der Waals surface area contributed by atoms with E-state index in [4.69, 9.17) is 9.72 Å². The van der Waals surface area contributed by atoms with Crippen LogP contribution >= 0.6 is 0 Å². The Morgan fingerprint density at radius 2 is 1.28 bits per heavy atom. The average Bonchev–Trinajstić information content (AvgIpc) is 3.00. The zero-order valence-electron chi connectivity index (χ0n) is 21.1. The molecular weight excluding hydrogens is 480 g/mol. The molecule has 0 saturated heterocycles. The smallest absolute Gasteiger partial charge is 0.411 e. The zero-order chi connectivity index (χ0) is 26.2. The van der Waals surface area contributed by atoms with E-state index >= 15 is 0 Å². The maximum atomic E-state index is 13.1. The fourth-order valence-corrected chi connectivity index (χ4v) is 5.36. The minimum atomic E-state index is -0.507. The number of hydrogen-bond acceptors (Lipinski definition) is 3. The van der Waals surface area contributed by atoms with E-state index in [1.165, 1.54) is 5.39 Å². The van der Waals surface area contributed by atoms with Crippen molar-refractivity contribution < 1.29 is 9.53 Å². The van der Waals surface area contributed by atoms with E-state index in [-0.39, 0.29) is 6.61 Å². The van der Waals surface area contributed by atoms with Crippen molar-refractivity contribution >= 4 is 55.0 Å². The average molecular weight is 505 g/mol. The summed E-state index contributed by atoms with van der Waals surface area (Å²) in [6, 6.07) is 42.8. The van der Waals surface area contributed by atoms with Gasteiger partial charge in [0, 0.05) is 16.3 Å². The lowest BCUT2D eigenvalue weighted by Crippen LogP contribution is -2.14. The second-order valence-electron chi connectivity index (χ2n) is 9.62. The predicted octanol–water partition coefficient (Wildman–Crippen LogP) is 9.11. The van der Waals surface area contributed by atoms with Crippen LogP contribution in [-0.2, 0) is 11.3 Å². The van der Waals surface area contributed by atoms with Gasteiger partial charge in [-0.25, -0.2) is 9.78 Å². The van der Waals surface area contributed by atoms with E-state index in [1.807, 2.05) is 72.8 Å². The van der Waals surface area contributed by atoms with Crippen molar-refractivity contribution in [1.82, 2.24) is 4.98 Å². The Morgan fingerprint density at radius 1 is 0.641 bits per heavy atom. The summed E-state index contributed by atoms with van der Waals surface area (Å²) in [7, 11) is 0. The molecule has 0 unspecified atom stereocenters. The normalized spacial score (nSPS) is 11.3. The van der Waals surface area contributed by atoms with Gasteiger partial charge in [-0.15, -0.1) is 0 Å². The zero-order valence-corrected chi connectivity index (χ0v) is 21.1. The van der Waals surface area contributed by atoms with Crippen LogP contribution in [-0.4, -0.2) is 11.1 Å². The summed E-state index contributed by atoms with van der Waals surface area (Å²) in [5.41, 5.74) is 4.17. The maximum absolute atomic E-state index is 13.1. The van der Waals surface area contributed by atoms with Gasteiger partial charge in [0.05, 0.1) is 16.9 Å². The number of amides is 1. The molecule has 1 aromatic heterocycles. The van der Waals surface area contributed by atoms with Gasteiger partial charge in [0.1, 0.15) is 6.61 Å². The number of carbonyl (C=O) groups excluding carboxylic acids is 1. The Morgan fingerprint density at radius 3 is 2.08 bits per heavy atom. The molecule has 0 aliphatic carbocycles. The molecular formula is C35H24N2O2. The molecule has 186 valence electrons. The second kappa shape index (κ2) is 9.58. The molecule has 7 rings (SSSR count). The van der Waals surface area contributed by atoms with Gasteiger partial charge in [0.2, 0.25) is 0 Å². The van der Waals surface area contributed by atoms with Crippen LogP contribution in [0.1, 0.15) is 5.56 Å². The van der Waals surface area contributed by atoms with E-state index in [0.717, 1.165) is 54.7 Å². The standard InChI is InChI=1S/C35H24N2O2/c38-35(39-22-23-9-3-1-4-10-23)37-31-21-30(25-12-5-2-6-13-25)36-29-20-19-27-18-17-26-16-15-24-11-7-8-14-28(24)32(26)33(27)34(29)31/h1-21H,22H2,(H,36,37,38). The molecule has 7 aromatic rings. The molecule has 4 nitrogen and oxygen atoms in total. The van der Waals surface area contributed by atoms with Crippen LogP contribution in [0.4, 0.5) is 10.5 Å². The Bertz CT molecular complexity index is 2000. The number of pyridine rings is 1. The molecule has 0 spiro atoms. The van der Waals surface area contributed by atoms with Gasteiger partial charge >= 0.3 is 6.09 Å². The molecule has 0 saturated carbocycles. The SMILES string of the molecule is O=C(Nc1cc(-c2ccccc2)nc2ccc3ccc4ccc5ccccc5c4c3c12)OCc1ccccc1. The van der Waals surface area contributed by atoms with Crippen LogP contribution in [0.2, 0.25) is 0 Å². The van der Waals surface area contributed by atoms with Crippen LogP contribution < -0.4 is 5.32 Å². The molecule has 1 N–H and O–H groups in total. The summed E-state index contributed by atoms with van der Waals surface area (Å²) in [5, 5.41) is 10.7. The van der Waals surface area contributed by atoms with Crippen LogP contribution in [0.3, 0.4) is 0 Å². The molecule has 6 aromatic carbocycles. The van der Waals surface area contributed by atoms with Crippen LogP contribution in [0.25, 0.3) is 54.5 Å². The van der Waals surface area contributed by atoms with Gasteiger partial charge in [-0.05, 0) is 44.6 Å². The molecule has 4 heteroatoms. The molecule has 0 atom stereocenters. The van der Waals surface area contributed by atoms with Gasteiger partial charge in [0.25, 0.3) is 0 Å². The minimum Gasteiger partial charge on any atom is -0.444 e. The van der Waals surface area contributed by atoms with Gasteiger partial charge in [-0.1, -0.05) is 115 Å². The second-order valence-corrected chi connectivity index (χ2v) is 9.62. The van der Waals surface area contributed by atoms with Crippen LogP contribution in [0, 0.1) is 0 Å². The summed E-state index contributed by atoms with van der Waals surface area (Å²) >= 11 is 0. The summed E-state index contributed by atoms with van der Waals surface area (Å²) < 4.78 is 5.63. The maximum Gasteiger partial charge on any atom is 0.411 e. The lowest BCUT2D eigenvalue weighted by molar-refractivity contribution is 0.155. The van der Waals surface area contributed by atoms with Crippen molar-refractivity contribution in [2.45, 2.75) is 6.61 Å². The minimum absolute atomic E-state index is 0.190. The third-order valence-corrected chi connectivity index (χ3v) is 7.18. The van der Waals surface area contributed by atoms with Crippen molar-refractivity contribution in [3.05, 3.63) is 133 Å². The highest BCUT2D eigenvalue weighted by Gasteiger charge is 2.17. The molecule has 1 heterocycles. The lowest BCUT2D eigenvalue weighted by atomic mass is 9.93. The van der Waals surface area contributed by atoms with Gasteiger partial charge in [-0.3, -0.25) is 5.32 Å². The Balaban J connectivity index is 1.47. The van der Waals surface area contributed by atoms with Gasteiger partial charge in [-0.2, -0.15) is 0 Å². The van der Waals surface area contributed by atoms with Crippen molar-refractivity contribution in [2.75, 3.05) is 5.32 Å². The molecule has 1 amide bonds. The van der Waals surface area contributed by atoms with Gasteiger partial charge in [0.15, 0.2) is 0 Å². The highest BCUT2D eigenvalue weighted by Crippen LogP contribution is 2.40. The van der Waals surface area contributed by atoms with E-state index in [0.29, 0.717) is 5.69 Å². The first-order chi connectivity index (χ1) is 19.2. The molecule has 39 heavy (non-hydrogen) atoms. The number of carbonyl (C=O) groups is 1. The number of ether oxygens (including phenoxy) is 1. The monoisotopic (exact) mass is 504 g/mol. The highest BCUT2D eigenvalue weighted by molar-refractivity contribution is 6.29. The largest absolute Gasteiger partial charge is 0.444 e. The highest BCUT2D eigenvalue weighted by atomic mass is 16.5. The number of fused-ring (bicyclic) bond motifs is 7. The topological polar surface area (TPSA) is 51.2 Å². The Hall–Kier alpha value is -5.22. The summed E-state index contributed by atoms with van der Waals surface area (Å²) in [6.45, 7) is 0.190. The summed E-state index contributed by atoms with van der Waals surface area (Å²) in [5.74, 6) is 0. The van der Waals surface area contributed by atoms with E-state index < -0.39 is 6.09 Å². The Kier molecular flexibility index (Phi) is 5.64. The number of nitrogens with zero attached hydrogens (tertiary/aromatic N) is 1. The molecule has 0 aliphatic rings. The first kappa shape index (κ1) is 22.9. The predicted molar refractivity (Wildman–Crippen MR) is 160 cm³/mol. The van der Waals surface area contributed by atoms with E-state index in [9.17, 15) is 4.79 Å². The third kappa shape index (κ3) is 4.22. The Labute approximate surface area is 225 Å².